The molecule has 0 radical (unpaired) electrons. The Morgan fingerprint density at radius 1 is 1.67 bits per heavy atom. The summed E-state index contributed by atoms with van der Waals surface area (Å²) in [5.41, 5.74) is 0. The van der Waals surface area contributed by atoms with Crippen molar-refractivity contribution in [3.8, 4) is 0 Å². The molecule has 0 unspecified atom stereocenters. The van der Waals surface area contributed by atoms with Crippen LogP contribution in [-0.4, -0.2) is 35.6 Å². The molecule has 12 heavy (non-hydrogen) atoms. The molecular formula is C8H16ClNO2. The van der Waals surface area contributed by atoms with Gasteiger partial charge in [-0.2, -0.15) is 0 Å². The minimum Gasteiger partial charge on any atom is -0.481 e. The van der Waals surface area contributed by atoms with Crippen LogP contribution in [-0.2, 0) is 4.79 Å². The number of carboxylic acid groups (broad SMARTS) is 1. The smallest absolute Gasteiger partial charge is 0.307 e. The first-order chi connectivity index (χ1) is 5.24. The Hall–Kier alpha value is -0.280. The molecular weight excluding hydrogens is 178 g/mol. The first-order valence-electron chi connectivity index (χ1n) is 4.19. The summed E-state index contributed by atoms with van der Waals surface area (Å²) < 4.78 is 0. The SMILES string of the molecule is CCN1CCC[C@H](C(=O)O)C1.Cl. The number of likely N-dealkylation sites (tertiary alicyclic amines) is 1. The fourth-order valence-corrected chi connectivity index (χ4v) is 1.54. The molecule has 0 aliphatic carbocycles. The molecule has 3 nitrogen and oxygen atoms in total. The zero-order valence-corrected chi connectivity index (χ0v) is 8.14. The number of aliphatic carboxylic acids is 1. The molecule has 0 aromatic carbocycles. The van der Waals surface area contributed by atoms with Crippen LogP contribution < -0.4 is 0 Å². The molecule has 1 N–H and O–H groups in total. The highest BCUT2D eigenvalue weighted by Crippen LogP contribution is 2.15. The van der Waals surface area contributed by atoms with E-state index in [0.29, 0.717) is 0 Å². The normalized spacial score (nSPS) is 24.6. The summed E-state index contributed by atoms with van der Waals surface area (Å²) in [6.45, 7) is 4.86. The van der Waals surface area contributed by atoms with E-state index in [-0.39, 0.29) is 18.3 Å². The summed E-state index contributed by atoms with van der Waals surface area (Å²) in [6, 6.07) is 0. The summed E-state index contributed by atoms with van der Waals surface area (Å²) in [5.74, 6) is -0.758. The maximum Gasteiger partial charge on any atom is 0.307 e. The summed E-state index contributed by atoms with van der Waals surface area (Å²) in [5, 5.41) is 8.72. The number of rotatable bonds is 2. The van der Waals surface area contributed by atoms with E-state index in [0.717, 1.165) is 32.5 Å². The molecule has 1 saturated heterocycles. The van der Waals surface area contributed by atoms with Crippen LogP contribution in [0.15, 0.2) is 0 Å². The Labute approximate surface area is 79.2 Å². The van der Waals surface area contributed by atoms with E-state index in [1.54, 1.807) is 0 Å². The highest BCUT2D eigenvalue weighted by molar-refractivity contribution is 5.85. The molecule has 0 bridgehead atoms. The van der Waals surface area contributed by atoms with Crippen molar-refractivity contribution >= 4 is 18.4 Å². The highest BCUT2D eigenvalue weighted by atomic mass is 35.5. The molecule has 4 heteroatoms. The topological polar surface area (TPSA) is 40.5 Å². The fraction of sp³-hybridized carbons (Fsp3) is 0.875. The van der Waals surface area contributed by atoms with Crippen LogP contribution in [0.25, 0.3) is 0 Å². The van der Waals surface area contributed by atoms with Crippen molar-refractivity contribution in [2.45, 2.75) is 19.8 Å². The minimum absolute atomic E-state index is 0. The van der Waals surface area contributed by atoms with Gasteiger partial charge in [0.05, 0.1) is 5.92 Å². The average Bonchev–Trinajstić information content (AvgIpc) is 2.05. The lowest BCUT2D eigenvalue weighted by Crippen LogP contribution is -2.38. The van der Waals surface area contributed by atoms with Gasteiger partial charge in [0.1, 0.15) is 0 Å². The highest BCUT2D eigenvalue weighted by Gasteiger charge is 2.23. The van der Waals surface area contributed by atoms with E-state index in [1.807, 2.05) is 0 Å². The molecule has 0 spiro atoms. The van der Waals surface area contributed by atoms with E-state index in [1.165, 1.54) is 0 Å². The zero-order valence-electron chi connectivity index (χ0n) is 7.32. The molecule has 0 aromatic rings. The lowest BCUT2D eigenvalue weighted by molar-refractivity contribution is -0.143. The molecule has 0 aromatic heterocycles. The van der Waals surface area contributed by atoms with Gasteiger partial charge in [0.15, 0.2) is 0 Å². The van der Waals surface area contributed by atoms with Gasteiger partial charge < -0.3 is 10.0 Å². The predicted molar refractivity (Wildman–Crippen MR) is 49.7 cm³/mol. The van der Waals surface area contributed by atoms with Crippen LogP contribution in [0, 0.1) is 5.92 Å². The van der Waals surface area contributed by atoms with Crippen LogP contribution >= 0.6 is 12.4 Å². The number of hydrogen-bond donors (Lipinski definition) is 1. The Morgan fingerprint density at radius 2 is 2.33 bits per heavy atom. The second-order valence-corrected chi connectivity index (χ2v) is 3.07. The van der Waals surface area contributed by atoms with Gasteiger partial charge in [-0.05, 0) is 25.9 Å². The molecule has 0 saturated carbocycles. The van der Waals surface area contributed by atoms with Crippen LogP contribution in [0.1, 0.15) is 19.8 Å². The monoisotopic (exact) mass is 193 g/mol. The third-order valence-corrected chi connectivity index (χ3v) is 2.30. The number of halogens is 1. The molecule has 1 atom stereocenters. The Kier molecular flexibility index (Phi) is 5.25. The van der Waals surface area contributed by atoms with Crippen molar-refractivity contribution < 1.29 is 9.90 Å². The van der Waals surface area contributed by atoms with E-state index in [4.69, 9.17) is 5.11 Å². The molecule has 1 rings (SSSR count). The number of piperidine rings is 1. The second kappa shape index (κ2) is 5.38. The maximum atomic E-state index is 10.6. The lowest BCUT2D eigenvalue weighted by Gasteiger charge is -2.29. The van der Waals surface area contributed by atoms with Crippen molar-refractivity contribution in [1.29, 1.82) is 0 Å². The largest absolute Gasteiger partial charge is 0.481 e. The van der Waals surface area contributed by atoms with Gasteiger partial charge in [-0.1, -0.05) is 6.92 Å². The van der Waals surface area contributed by atoms with Crippen molar-refractivity contribution in [2.75, 3.05) is 19.6 Å². The molecule has 1 fully saturated rings. The van der Waals surface area contributed by atoms with Crippen molar-refractivity contribution in [3.63, 3.8) is 0 Å². The average molecular weight is 194 g/mol. The maximum absolute atomic E-state index is 10.6. The molecule has 1 aliphatic rings. The lowest BCUT2D eigenvalue weighted by atomic mass is 9.98. The summed E-state index contributed by atoms with van der Waals surface area (Å²) in [7, 11) is 0. The van der Waals surface area contributed by atoms with Crippen molar-refractivity contribution in [3.05, 3.63) is 0 Å². The van der Waals surface area contributed by atoms with Gasteiger partial charge in [0, 0.05) is 6.54 Å². The van der Waals surface area contributed by atoms with Crippen LogP contribution in [0.4, 0.5) is 0 Å². The van der Waals surface area contributed by atoms with Gasteiger partial charge in [-0.15, -0.1) is 12.4 Å². The molecule has 1 heterocycles. The Morgan fingerprint density at radius 3 is 2.83 bits per heavy atom. The third kappa shape index (κ3) is 2.99. The minimum atomic E-state index is -0.636. The molecule has 0 amide bonds. The van der Waals surface area contributed by atoms with E-state index >= 15 is 0 Å². The quantitative estimate of drug-likeness (QED) is 0.717. The summed E-state index contributed by atoms with van der Waals surface area (Å²) in [4.78, 5) is 12.8. The number of carbonyl (C=O) groups is 1. The van der Waals surface area contributed by atoms with E-state index in [9.17, 15) is 4.79 Å². The van der Waals surface area contributed by atoms with Crippen molar-refractivity contribution in [1.82, 2.24) is 4.90 Å². The summed E-state index contributed by atoms with van der Waals surface area (Å²) in [6.07, 6.45) is 1.89. The molecule has 1 aliphatic heterocycles. The van der Waals surface area contributed by atoms with Gasteiger partial charge in [-0.25, -0.2) is 0 Å². The van der Waals surface area contributed by atoms with Gasteiger partial charge in [0.25, 0.3) is 0 Å². The van der Waals surface area contributed by atoms with E-state index in [2.05, 4.69) is 11.8 Å². The van der Waals surface area contributed by atoms with E-state index < -0.39 is 5.97 Å². The van der Waals surface area contributed by atoms with Crippen molar-refractivity contribution in [2.24, 2.45) is 5.92 Å². The van der Waals surface area contributed by atoms with Crippen LogP contribution in [0.3, 0.4) is 0 Å². The number of hydrogen-bond acceptors (Lipinski definition) is 2. The first-order valence-corrected chi connectivity index (χ1v) is 4.19. The van der Waals surface area contributed by atoms with Crippen LogP contribution in [0.5, 0.6) is 0 Å². The standard InChI is InChI=1S/C8H15NO2.ClH/c1-2-9-5-3-4-7(6-9)8(10)11;/h7H,2-6H2,1H3,(H,10,11);1H/t7-;/m0./s1. The van der Waals surface area contributed by atoms with Gasteiger partial charge >= 0.3 is 5.97 Å². The predicted octanol–water partition coefficient (Wildman–Crippen LogP) is 1.22. The Balaban J connectivity index is 0.00000121. The van der Waals surface area contributed by atoms with Gasteiger partial charge in [-0.3, -0.25) is 4.79 Å². The third-order valence-electron chi connectivity index (χ3n) is 2.30. The van der Waals surface area contributed by atoms with Gasteiger partial charge in [0.2, 0.25) is 0 Å². The zero-order chi connectivity index (χ0) is 8.27. The van der Waals surface area contributed by atoms with Crippen LogP contribution in [0.2, 0.25) is 0 Å². The molecule has 72 valence electrons. The number of nitrogens with zero attached hydrogens (tertiary/aromatic N) is 1. The Bertz CT molecular complexity index is 152. The first kappa shape index (κ1) is 11.7. The fourth-order valence-electron chi connectivity index (χ4n) is 1.54. The number of carboxylic acids is 1. The second-order valence-electron chi connectivity index (χ2n) is 3.07. The summed E-state index contributed by atoms with van der Waals surface area (Å²) >= 11 is 0.